The third-order valence-electron chi connectivity index (χ3n) is 3.68. The average molecular weight is 188 g/mol. The molecule has 2 bridgehead atoms. The van der Waals surface area contributed by atoms with Crippen LogP contribution in [0.15, 0.2) is 24.5 Å². The summed E-state index contributed by atoms with van der Waals surface area (Å²) in [7, 11) is 0. The van der Waals surface area contributed by atoms with Gasteiger partial charge >= 0.3 is 0 Å². The average Bonchev–Trinajstić information content (AvgIpc) is 2.62. The van der Waals surface area contributed by atoms with Gasteiger partial charge in [0.15, 0.2) is 0 Å². The normalized spacial score (nSPS) is 35.9. The van der Waals surface area contributed by atoms with E-state index in [0.29, 0.717) is 6.04 Å². The number of rotatable bonds is 1. The van der Waals surface area contributed by atoms with Gasteiger partial charge in [-0.15, -0.1) is 0 Å². The van der Waals surface area contributed by atoms with E-state index in [4.69, 9.17) is 0 Å². The van der Waals surface area contributed by atoms with E-state index >= 15 is 0 Å². The molecule has 3 atom stereocenters. The molecule has 0 spiro atoms. The maximum Gasteiger partial charge on any atom is 0.0363 e. The van der Waals surface area contributed by atoms with E-state index in [0.717, 1.165) is 5.92 Å². The lowest BCUT2D eigenvalue weighted by Crippen LogP contribution is -2.30. The van der Waals surface area contributed by atoms with Gasteiger partial charge in [0.1, 0.15) is 0 Å². The van der Waals surface area contributed by atoms with Crippen LogP contribution in [0, 0.1) is 5.92 Å². The molecule has 0 aromatic carbocycles. The lowest BCUT2D eigenvalue weighted by Gasteiger charge is -2.32. The van der Waals surface area contributed by atoms with Gasteiger partial charge in [-0.2, -0.15) is 0 Å². The molecule has 0 radical (unpaired) electrons. The summed E-state index contributed by atoms with van der Waals surface area (Å²) in [5, 5.41) is 0. The second-order valence-electron chi connectivity index (χ2n) is 4.53. The Hall–Kier alpha value is -0.890. The molecule has 2 nitrogen and oxygen atoms in total. The quantitative estimate of drug-likeness (QED) is 0.672. The molecule has 3 heterocycles. The first-order chi connectivity index (χ1) is 6.93. The van der Waals surface area contributed by atoms with Crippen LogP contribution in [0.2, 0.25) is 0 Å². The van der Waals surface area contributed by atoms with Crippen molar-refractivity contribution < 1.29 is 0 Å². The smallest absolute Gasteiger partial charge is 0.0363 e. The van der Waals surface area contributed by atoms with Crippen LogP contribution in [-0.2, 0) is 0 Å². The number of fused-ring (bicyclic) bond motifs is 2. The first kappa shape index (κ1) is 8.42. The largest absolute Gasteiger partial charge is 0.296 e. The number of piperidine rings is 1. The Morgan fingerprint density at radius 2 is 2.29 bits per heavy atom. The molecule has 1 aromatic heterocycles. The first-order valence-corrected chi connectivity index (χ1v) is 5.57. The van der Waals surface area contributed by atoms with Crippen LogP contribution < -0.4 is 0 Å². The van der Waals surface area contributed by atoms with Crippen LogP contribution in [0.1, 0.15) is 30.9 Å². The number of aromatic nitrogens is 1. The molecule has 1 unspecified atom stereocenters. The molecule has 0 amide bonds. The van der Waals surface area contributed by atoms with Crippen molar-refractivity contribution in [3.05, 3.63) is 30.1 Å². The van der Waals surface area contributed by atoms with Crippen molar-refractivity contribution in [2.75, 3.05) is 13.1 Å². The molecule has 1 aromatic rings. The van der Waals surface area contributed by atoms with E-state index in [1.54, 1.807) is 0 Å². The molecular formula is C12H16N2. The minimum Gasteiger partial charge on any atom is -0.296 e. The summed E-state index contributed by atoms with van der Waals surface area (Å²) in [6.07, 6.45) is 8.05. The second-order valence-corrected chi connectivity index (χ2v) is 4.53. The minimum absolute atomic E-state index is 0.655. The van der Waals surface area contributed by atoms with Gasteiger partial charge in [0.05, 0.1) is 0 Å². The van der Waals surface area contributed by atoms with Crippen molar-refractivity contribution in [3.8, 4) is 0 Å². The molecule has 2 aliphatic heterocycles. The highest BCUT2D eigenvalue weighted by atomic mass is 15.2. The highest BCUT2D eigenvalue weighted by Gasteiger charge is 2.33. The standard InChI is InChI=1S/C12H16N2/c1-2-11(8-13-6-1)12-4-3-10-5-7-14(12)9-10/h1-2,6,8,10,12H,3-5,7,9H2/t10-,12-/m1/s1. The van der Waals surface area contributed by atoms with Crippen LogP contribution in [0.4, 0.5) is 0 Å². The van der Waals surface area contributed by atoms with Crippen LogP contribution in [-0.4, -0.2) is 23.0 Å². The summed E-state index contributed by atoms with van der Waals surface area (Å²) in [4.78, 5) is 6.85. The summed E-state index contributed by atoms with van der Waals surface area (Å²) in [6.45, 7) is 2.61. The third-order valence-corrected chi connectivity index (χ3v) is 3.68. The number of pyridine rings is 1. The second kappa shape index (κ2) is 3.35. The summed E-state index contributed by atoms with van der Waals surface area (Å²) >= 11 is 0. The summed E-state index contributed by atoms with van der Waals surface area (Å²) in [5.74, 6) is 0.989. The zero-order chi connectivity index (χ0) is 9.38. The van der Waals surface area contributed by atoms with Gasteiger partial charge in [-0.3, -0.25) is 9.88 Å². The van der Waals surface area contributed by atoms with Crippen molar-refractivity contribution in [2.45, 2.75) is 25.3 Å². The molecule has 2 fully saturated rings. The molecular weight excluding hydrogens is 172 g/mol. The fourth-order valence-electron chi connectivity index (χ4n) is 2.91. The molecule has 74 valence electrons. The van der Waals surface area contributed by atoms with Crippen LogP contribution in [0.3, 0.4) is 0 Å². The SMILES string of the molecule is c1cncc([C@H]2CC[C@@H]3CCN2C3)c1. The summed E-state index contributed by atoms with van der Waals surface area (Å²) in [6, 6.07) is 4.93. The van der Waals surface area contributed by atoms with Crippen LogP contribution in [0.5, 0.6) is 0 Å². The molecule has 0 N–H and O–H groups in total. The van der Waals surface area contributed by atoms with E-state index in [2.05, 4.69) is 22.0 Å². The molecule has 2 saturated heterocycles. The maximum atomic E-state index is 4.22. The lowest BCUT2D eigenvalue weighted by molar-refractivity contribution is 0.182. The predicted molar refractivity (Wildman–Crippen MR) is 55.9 cm³/mol. The van der Waals surface area contributed by atoms with Crippen LogP contribution >= 0.6 is 0 Å². The fourth-order valence-corrected chi connectivity index (χ4v) is 2.91. The maximum absolute atomic E-state index is 4.22. The van der Waals surface area contributed by atoms with Crippen LogP contribution in [0.25, 0.3) is 0 Å². The number of hydrogen-bond acceptors (Lipinski definition) is 2. The lowest BCUT2D eigenvalue weighted by atomic mass is 9.93. The van der Waals surface area contributed by atoms with Crippen molar-refractivity contribution in [3.63, 3.8) is 0 Å². The Morgan fingerprint density at radius 1 is 1.29 bits per heavy atom. The molecule has 0 saturated carbocycles. The minimum atomic E-state index is 0.655. The van der Waals surface area contributed by atoms with Crippen molar-refractivity contribution in [1.29, 1.82) is 0 Å². The zero-order valence-electron chi connectivity index (χ0n) is 8.39. The summed E-state index contributed by atoms with van der Waals surface area (Å²) < 4.78 is 0. The Kier molecular flexibility index (Phi) is 2.02. The third kappa shape index (κ3) is 1.34. The van der Waals surface area contributed by atoms with Gasteiger partial charge in [-0.25, -0.2) is 0 Å². The van der Waals surface area contributed by atoms with Gasteiger partial charge in [0, 0.05) is 25.0 Å². The molecule has 0 aliphatic carbocycles. The van der Waals surface area contributed by atoms with E-state index in [9.17, 15) is 0 Å². The Bertz CT molecular complexity index is 309. The van der Waals surface area contributed by atoms with E-state index < -0.39 is 0 Å². The van der Waals surface area contributed by atoms with E-state index in [1.165, 1.54) is 37.9 Å². The monoisotopic (exact) mass is 188 g/mol. The van der Waals surface area contributed by atoms with Gasteiger partial charge in [-0.05, 0) is 43.4 Å². The topological polar surface area (TPSA) is 16.1 Å². The molecule has 2 aliphatic rings. The molecule has 3 rings (SSSR count). The number of nitrogens with zero attached hydrogens (tertiary/aromatic N) is 2. The zero-order valence-corrected chi connectivity index (χ0v) is 8.39. The highest BCUT2D eigenvalue weighted by molar-refractivity contribution is 5.15. The van der Waals surface area contributed by atoms with Crippen molar-refractivity contribution in [2.24, 2.45) is 5.92 Å². The predicted octanol–water partition coefficient (Wildman–Crippen LogP) is 2.24. The first-order valence-electron chi connectivity index (χ1n) is 5.57. The van der Waals surface area contributed by atoms with E-state index in [-0.39, 0.29) is 0 Å². The Morgan fingerprint density at radius 3 is 3.14 bits per heavy atom. The fraction of sp³-hybridized carbons (Fsp3) is 0.583. The van der Waals surface area contributed by atoms with Gasteiger partial charge < -0.3 is 0 Å². The van der Waals surface area contributed by atoms with E-state index in [1.807, 2.05) is 12.4 Å². The van der Waals surface area contributed by atoms with Gasteiger partial charge in [0.25, 0.3) is 0 Å². The molecule has 2 heteroatoms. The highest BCUT2D eigenvalue weighted by Crippen LogP contribution is 2.38. The Balaban J connectivity index is 1.85. The summed E-state index contributed by atoms with van der Waals surface area (Å²) in [5.41, 5.74) is 1.41. The molecule has 14 heavy (non-hydrogen) atoms. The van der Waals surface area contributed by atoms with Crippen molar-refractivity contribution >= 4 is 0 Å². The van der Waals surface area contributed by atoms with Crippen molar-refractivity contribution in [1.82, 2.24) is 9.88 Å². The van der Waals surface area contributed by atoms with Gasteiger partial charge in [0.2, 0.25) is 0 Å². The Labute approximate surface area is 85.0 Å². The number of hydrogen-bond donors (Lipinski definition) is 0. The van der Waals surface area contributed by atoms with Gasteiger partial charge in [-0.1, -0.05) is 6.07 Å².